The molecule has 3 rings (SSSR count). The van der Waals surface area contributed by atoms with Crippen LogP contribution in [0, 0.1) is 11.6 Å². The summed E-state index contributed by atoms with van der Waals surface area (Å²) in [5.41, 5.74) is 8.54. The van der Waals surface area contributed by atoms with Gasteiger partial charge in [0.05, 0.1) is 5.02 Å². The summed E-state index contributed by atoms with van der Waals surface area (Å²) in [6.07, 6.45) is 1.63. The molecule has 0 saturated heterocycles. The topological polar surface area (TPSA) is 51.4 Å². The molecule has 2 aromatic carbocycles. The van der Waals surface area contributed by atoms with Crippen molar-refractivity contribution in [2.45, 2.75) is 6.61 Å². The normalized spacial score (nSPS) is 10.7. The lowest BCUT2D eigenvalue weighted by atomic mass is 10.1. The third kappa shape index (κ3) is 4.11. The first-order valence-electron chi connectivity index (χ1n) is 8.15. The summed E-state index contributed by atoms with van der Waals surface area (Å²) in [6, 6.07) is 11.5. The number of hydrogen-bond acceptors (Lipinski definition) is 4. The van der Waals surface area contributed by atoms with Crippen molar-refractivity contribution in [1.82, 2.24) is 4.98 Å². The quantitative estimate of drug-likeness (QED) is 0.630. The van der Waals surface area contributed by atoms with Gasteiger partial charge in [0.2, 0.25) is 0 Å². The third-order valence-electron chi connectivity index (χ3n) is 4.09. The maximum Gasteiger partial charge on any atom is 0.166 e. The zero-order chi connectivity index (χ0) is 19.6. The Morgan fingerprint density at radius 3 is 2.56 bits per heavy atom. The van der Waals surface area contributed by atoms with Crippen molar-refractivity contribution >= 4 is 23.1 Å². The van der Waals surface area contributed by atoms with E-state index in [0.29, 0.717) is 0 Å². The van der Waals surface area contributed by atoms with E-state index in [1.807, 2.05) is 43.3 Å². The molecule has 140 valence electrons. The number of pyridine rings is 1. The van der Waals surface area contributed by atoms with Crippen LogP contribution < -0.4 is 15.4 Å². The first-order valence-corrected chi connectivity index (χ1v) is 8.53. The second-order valence-electron chi connectivity index (χ2n) is 6.16. The molecule has 27 heavy (non-hydrogen) atoms. The number of nitrogens with two attached hydrogens (primary N) is 1. The van der Waals surface area contributed by atoms with Crippen molar-refractivity contribution in [3.63, 3.8) is 0 Å². The minimum atomic E-state index is -0.711. The molecule has 0 aliphatic rings. The molecule has 0 amide bonds. The molecule has 0 unspecified atom stereocenters. The fourth-order valence-electron chi connectivity index (χ4n) is 2.54. The number of nitrogens with zero attached hydrogens (tertiary/aromatic N) is 2. The van der Waals surface area contributed by atoms with Crippen LogP contribution in [0.2, 0.25) is 5.02 Å². The Labute approximate surface area is 161 Å². The molecule has 0 aliphatic heterocycles. The van der Waals surface area contributed by atoms with Gasteiger partial charge in [0, 0.05) is 37.1 Å². The number of aromatic nitrogens is 1. The molecule has 1 aromatic heterocycles. The predicted octanol–water partition coefficient (Wildman–Crippen LogP) is 4.91. The standard InChI is InChI=1S/C20H18ClF2N3O/c1-26(2)14-5-3-4-12(8-14)13-9-18(20(24)25-10-13)27-11-15-16(22)6-7-17(23)19(15)21/h3-10H,11H2,1-2H3,(H2,24,25). The molecule has 7 heteroatoms. The molecule has 0 atom stereocenters. The molecule has 3 aromatic rings. The molecule has 0 aliphatic carbocycles. The maximum atomic E-state index is 13.9. The zero-order valence-electron chi connectivity index (χ0n) is 14.8. The van der Waals surface area contributed by atoms with Crippen LogP contribution in [-0.2, 0) is 6.61 Å². The first-order chi connectivity index (χ1) is 12.9. The Morgan fingerprint density at radius 2 is 1.81 bits per heavy atom. The lowest BCUT2D eigenvalue weighted by molar-refractivity contribution is 0.300. The van der Waals surface area contributed by atoms with Gasteiger partial charge in [0.1, 0.15) is 18.2 Å². The molecule has 1 heterocycles. The molecule has 4 nitrogen and oxygen atoms in total. The highest BCUT2D eigenvalue weighted by molar-refractivity contribution is 6.31. The largest absolute Gasteiger partial charge is 0.485 e. The van der Waals surface area contributed by atoms with E-state index in [1.165, 1.54) is 0 Å². The Kier molecular flexibility index (Phi) is 5.46. The summed E-state index contributed by atoms with van der Waals surface area (Å²) >= 11 is 5.83. The van der Waals surface area contributed by atoms with Gasteiger partial charge in [-0.05, 0) is 35.9 Å². The molecular weight excluding hydrogens is 372 g/mol. The van der Waals surface area contributed by atoms with Crippen molar-refractivity contribution in [2.24, 2.45) is 0 Å². The van der Waals surface area contributed by atoms with E-state index in [0.717, 1.165) is 28.9 Å². The molecule has 0 fully saturated rings. The SMILES string of the molecule is CN(C)c1cccc(-c2cnc(N)c(OCc3c(F)ccc(F)c3Cl)c2)c1. The minimum absolute atomic E-state index is 0.0731. The molecule has 0 spiro atoms. The summed E-state index contributed by atoms with van der Waals surface area (Å²) < 4.78 is 33.1. The monoisotopic (exact) mass is 389 g/mol. The average Bonchev–Trinajstić information content (AvgIpc) is 2.66. The number of nitrogen functional groups attached to an aromatic ring is 1. The van der Waals surface area contributed by atoms with Crippen molar-refractivity contribution in [3.8, 4) is 16.9 Å². The van der Waals surface area contributed by atoms with Gasteiger partial charge in [-0.3, -0.25) is 0 Å². The molecule has 0 radical (unpaired) electrons. The fourth-order valence-corrected chi connectivity index (χ4v) is 2.75. The van der Waals surface area contributed by atoms with Crippen LogP contribution in [0.15, 0.2) is 48.7 Å². The third-order valence-corrected chi connectivity index (χ3v) is 4.50. The van der Waals surface area contributed by atoms with E-state index >= 15 is 0 Å². The minimum Gasteiger partial charge on any atom is -0.485 e. The van der Waals surface area contributed by atoms with E-state index < -0.39 is 11.6 Å². The summed E-state index contributed by atoms with van der Waals surface area (Å²) in [5, 5.41) is -0.309. The lowest BCUT2D eigenvalue weighted by Crippen LogP contribution is -2.08. The highest BCUT2D eigenvalue weighted by Crippen LogP contribution is 2.31. The van der Waals surface area contributed by atoms with Crippen molar-refractivity contribution in [3.05, 3.63) is 70.9 Å². The van der Waals surface area contributed by atoms with Gasteiger partial charge in [-0.25, -0.2) is 13.8 Å². The number of benzene rings is 2. The maximum absolute atomic E-state index is 13.9. The number of halogens is 3. The van der Waals surface area contributed by atoms with Gasteiger partial charge in [-0.2, -0.15) is 0 Å². The van der Waals surface area contributed by atoms with E-state index in [1.54, 1.807) is 12.3 Å². The Balaban J connectivity index is 1.89. The van der Waals surface area contributed by atoms with Crippen LogP contribution in [0.1, 0.15) is 5.56 Å². The number of ether oxygens (including phenoxy) is 1. The number of anilines is 2. The Morgan fingerprint density at radius 1 is 1.07 bits per heavy atom. The first kappa shape index (κ1) is 18.9. The van der Waals surface area contributed by atoms with E-state index in [-0.39, 0.29) is 28.8 Å². The molecule has 0 bridgehead atoms. The summed E-state index contributed by atoms with van der Waals surface area (Å²) in [4.78, 5) is 6.13. The lowest BCUT2D eigenvalue weighted by Gasteiger charge is -2.15. The van der Waals surface area contributed by atoms with E-state index in [9.17, 15) is 8.78 Å². The van der Waals surface area contributed by atoms with Crippen LogP contribution in [0.4, 0.5) is 20.3 Å². The van der Waals surface area contributed by atoms with Gasteiger partial charge in [-0.1, -0.05) is 23.7 Å². The number of rotatable bonds is 5. The second-order valence-corrected chi connectivity index (χ2v) is 6.54. The van der Waals surface area contributed by atoms with E-state index in [2.05, 4.69) is 4.98 Å². The average molecular weight is 390 g/mol. The van der Waals surface area contributed by atoms with Crippen LogP contribution in [0.5, 0.6) is 5.75 Å². The predicted molar refractivity (Wildman–Crippen MR) is 104 cm³/mol. The highest BCUT2D eigenvalue weighted by Gasteiger charge is 2.14. The van der Waals surface area contributed by atoms with Crippen molar-refractivity contribution < 1.29 is 13.5 Å². The van der Waals surface area contributed by atoms with Gasteiger partial charge in [0.15, 0.2) is 11.6 Å². The van der Waals surface area contributed by atoms with Crippen molar-refractivity contribution in [2.75, 3.05) is 24.7 Å². The van der Waals surface area contributed by atoms with Gasteiger partial charge in [0.25, 0.3) is 0 Å². The smallest absolute Gasteiger partial charge is 0.166 e. The van der Waals surface area contributed by atoms with Crippen molar-refractivity contribution in [1.29, 1.82) is 0 Å². The highest BCUT2D eigenvalue weighted by atomic mass is 35.5. The summed E-state index contributed by atoms with van der Waals surface area (Å²) in [7, 11) is 3.90. The molecule has 2 N–H and O–H groups in total. The van der Waals surface area contributed by atoms with Crippen LogP contribution in [-0.4, -0.2) is 19.1 Å². The van der Waals surface area contributed by atoms with Gasteiger partial charge in [-0.15, -0.1) is 0 Å². The van der Waals surface area contributed by atoms with Gasteiger partial charge >= 0.3 is 0 Å². The van der Waals surface area contributed by atoms with Crippen LogP contribution >= 0.6 is 11.6 Å². The molecular formula is C20H18ClF2N3O. The van der Waals surface area contributed by atoms with Gasteiger partial charge < -0.3 is 15.4 Å². The molecule has 0 saturated carbocycles. The van der Waals surface area contributed by atoms with Crippen LogP contribution in [0.3, 0.4) is 0 Å². The van der Waals surface area contributed by atoms with E-state index in [4.69, 9.17) is 22.1 Å². The summed E-state index contributed by atoms with van der Waals surface area (Å²) in [5.74, 6) is -0.947. The second kappa shape index (κ2) is 7.80. The Bertz CT molecular complexity index is 979. The summed E-state index contributed by atoms with van der Waals surface area (Å²) in [6.45, 7) is -0.268. The van der Waals surface area contributed by atoms with Crippen LogP contribution in [0.25, 0.3) is 11.1 Å². The fraction of sp³-hybridized carbons (Fsp3) is 0.150. The Hall–Kier alpha value is -2.86. The number of hydrogen-bond donors (Lipinski definition) is 1. The zero-order valence-corrected chi connectivity index (χ0v) is 15.6.